The predicted octanol–water partition coefficient (Wildman–Crippen LogP) is 28.4. The number of nitrogens with one attached hydrogen (secondary N) is 1. The van der Waals surface area contributed by atoms with E-state index < -0.39 is 53.4 Å². The molecule has 1 N–H and O–H groups in total. The van der Waals surface area contributed by atoms with Gasteiger partial charge in [-0.3, -0.25) is 20.2 Å². The average molecular weight is 2070 g/mol. The van der Waals surface area contributed by atoms with E-state index in [4.69, 9.17) is 0 Å². The van der Waals surface area contributed by atoms with Gasteiger partial charge in [-0.25, -0.2) is 21.6 Å². The Morgan fingerprint density at radius 3 is 1.24 bits per heavy atom. The van der Waals surface area contributed by atoms with Gasteiger partial charge in [0, 0.05) is 25.2 Å². The number of halogens is 2. The van der Waals surface area contributed by atoms with E-state index in [1.807, 2.05) is 74.0 Å². The van der Waals surface area contributed by atoms with Gasteiger partial charge in [-0.2, -0.15) is 4.31 Å². The first-order chi connectivity index (χ1) is 38.8. The Kier molecular flexibility index (Phi) is 62.6. The summed E-state index contributed by atoms with van der Waals surface area (Å²) in [6.07, 6.45) is 9.29. The summed E-state index contributed by atoms with van der Waals surface area (Å²) in [7, 11) is 53.6. The highest BCUT2D eigenvalue weighted by atomic mass is 127. The number of allylic oxidation sites excluding steroid dienone is 2. The number of sulfonamides is 2. The minimum atomic E-state index is -4.03. The first kappa shape index (κ1) is 98.6. The molecular weight excluding hydrogens is 1980 g/mol. The summed E-state index contributed by atoms with van der Waals surface area (Å²) >= 11 is 4.17. The van der Waals surface area contributed by atoms with Crippen LogP contribution in [-0.4, -0.2) is 50.1 Å². The second-order valence-corrected chi connectivity index (χ2v) is 156. The van der Waals surface area contributed by atoms with Crippen LogP contribution in [0.15, 0.2) is 102 Å². The zero-order chi connectivity index (χ0) is 65.9. The highest BCUT2D eigenvalue weighted by molar-refractivity contribution is 14.1. The third-order valence-electron chi connectivity index (χ3n) is 10.2. The van der Waals surface area contributed by atoms with Gasteiger partial charge in [0.1, 0.15) is 0 Å². The Morgan fingerprint density at radius 1 is 0.571 bits per heavy atom. The molecule has 2 aromatic rings. The van der Waals surface area contributed by atoms with E-state index in [2.05, 4.69) is 220 Å². The Morgan fingerprint density at radius 2 is 0.905 bits per heavy atom. The quantitative estimate of drug-likeness (QED) is 0.0265. The number of nitrogens with zero attached hydrogens (tertiary/aromatic N) is 3. The van der Waals surface area contributed by atoms with Gasteiger partial charge in [-0.05, 0) is 164 Å². The molecule has 484 valence electrons. The zero-order valence-corrected chi connectivity index (χ0v) is 89.0. The summed E-state index contributed by atoms with van der Waals surface area (Å²) in [5, 5.41) is 22.3. The maximum Gasteiger partial charge on any atom is 0.289 e. The van der Waals surface area contributed by atoms with E-state index in [9.17, 15) is 37.1 Å². The van der Waals surface area contributed by atoms with Gasteiger partial charge in [0.15, 0.2) is 9.79 Å². The van der Waals surface area contributed by atoms with Crippen molar-refractivity contribution in [3.05, 3.63) is 112 Å². The van der Waals surface area contributed by atoms with Gasteiger partial charge >= 0.3 is 0 Å². The Bertz CT molecular complexity index is 2600. The average Bonchev–Trinajstić information content (AvgIpc) is 3.59. The van der Waals surface area contributed by atoms with Gasteiger partial charge in [-0.1, -0.05) is 141 Å². The lowest BCUT2D eigenvalue weighted by Crippen LogP contribution is -2.41. The molecule has 0 aliphatic rings. The molecule has 0 radical (unpaired) electrons. The van der Waals surface area contributed by atoms with Crippen molar-refractivity contribution in [2.24, 2.45) is 11.8 Å². The molecule has 26 atom stereocenters. The summed E-state index contributed by atoms with van der Waals surface area (Å²) in [4.78, 5) is 20.4. The van der Waals surface area contributed by atoms with E-state index in [0.29, 0.717) is 0 Å². The summed E-state index contributed by atoms with van der Waals surface area (Å²) in [6, 6.07) is 9.89. The van der Waals surface area contributed by atoms with Crippen LogP contribution in [0.5, 0.6) is 0 Å². The topological polar surface area (TPSA) is 170 Å². The van der Waals surface area contributed by atoms with Gasteiger partial charge < -0.3 is 0 Å². The van der Waals surface area contributed by atoms with Crippen molar-refractivity contribution in [1.82, 2.24) is 9.03 Å². The van der Waals surface area contributed by atoms with Gasteiger partial charge in [-0.15, -0.1) is 170 Å². The third kappa shape index (κ3) is 36.0. The predicted molar refractivity (Wildman–Crippen MR) is 508 cm³/mol. The van der Waals surface area contributed by atoms with Crippen LogP contribution in [0.3, 0.4) is 0 Å². The smallest absolute Gasteiger partial charge is 0.258 e. The van der Waals surface area contributed by atoms with Crippen LogP contribution in [0.1, 0.15) is 54.4 Å². The standard InChI is InChI=1S/C17H23IN2O4S.C16H21IN2O4S.H20P18.H19P17/c1-5-8-13(2)17(14(3)11-12-18)19(4)25(23,24)16-10-7-6-9-15(16)20(21)22;1-4-7-12(2)16(13(3)10-11-17)18-24(22,23)15-9-6-5-8-14(15)19(20)21;1-11(2)16(12(3)4)18(15(9)10)17(13(5)6)14(7)8;1-10-15(11(2)3)17(14(8)9)16(12(4)5)13(6)7/h6-12,14,17H,5H2,1-4H3;5-11,13,16,18H,4H2,1-3H3;1-10H2;10H,1-9H2/b12-11+,13-8+;11-10+,12-7+;;/t14-,17+;13-,16+;;/m00../s1. The molecule has 0 saturated heterocycles. The first-order valence-electron chi connectivity index (χ1n) is 23.0. The number of hydrogen-bond donors (Lipinski definition) is 1. The minimum absolute atomic E-state index is 0.0415. The molecule has 0 heterocycles. The fourth-order valence-corrected chi connectivity index (χ4v) is 409. The molecule has 0 aliphatic heterocycles. The first-order valence-corrected chi connectivity index (χ1v) is 90.5. The molecule has 2 rings (SSSR count). The van der Waals surface area contributed by atoms with Gasteiger partial charge in [0.2, 0.25) is 20.0 Å². The molecule has 0 amide bonds. The van der Waals surface area contributed by atoms with E-state index in [0.717, 1.165) is 31.9 Å². The molecule has 2 aromatic carbocycles. The van der Waals surface area contributed by atoms with Crippen LogP contribution in [0.25, 0.3) is 0 Å². The maximum atomic E-state index is 13.1. The molecule has 0 aliphatic carbocycles. The van der Waals surface area contributed by atoms with Crippen molar-refractivity contribution in [3.8, 4) is 0 Å². The molecular formula is C33H83I2N4O8P35S2. The Hall–Kier alpha value is 12.5. The van der Waals surface area contributed by atoms with E-state index in [1.54, 1.807) is 0 Å². The number of nitro groups is 2. The molecule has 22 unspecified atom stereocenters. The lowest BCUT2D eigenvalue weighted by Gasteiger charge is -2.43. The van der Waals surface area contributed by atoms with Crippen LogP contribution in [-0.2, 0) is 20.0 Å². The van der Waals surface area contributed by atoms with Crippen molar-refractivity contribution in [2.45, 2.75) is 76.3 Å². The number of hydrogen-bond acceptors (Lipinski definition) is 8. The Balaban J connectivity index is 0. The number of likely N-dealkylation sites (N-methyl/N-ethyl adjacent to an activating group) is 1. The molecule has 0 fully saturated rings. The van der Waals surface area contributed by atoms with Crippen LogP contribution >= 0.6 is 328 Å². The summed E-state index contributed by atoms with van der Waals surface area (Å²) < 4.78 is 59.1. The lowest BCUT2D eigenvalue weighted by molar-refractivity contribution is -0.388. The van der Waals surface area contributed by atoms with E-state index >= 15 is 0 Å². The fourth-order valence-electron chi connectivity index (χ4n) is 6.83. The van der Waals surface area contributed by atoms with Crippen molar-refractivity contribution < 1.29 is 26.7 Å². The fraction of sp³-hybridized carbons (Fsp3) is 0.394. The van der Waals surface area contributed by atoms with Gasteiger partial charge in [0.05, 0.1) is 15.9 Å². The summed E-state index contributed by atoms with van der Waals surface area (Å²) in [6.45, 7) is 13.1. The van der Waals surface area contributed by atoms with Crippen LogP contribution < -0.4 is 4.72 Å². The SMILES string of the molecule is CC/C=C(\C)[C@@H](NS(=O)(=O)c1ccccc1[N+](=O)[O-])[C@@H](C)/C=C/I.CC/C=C(\C)[C@H]([C@@H](C)/C=C/I)N(C)S(=O)(=O)c1ccccc1[N+](=O)[O-].PP(P)P(P(P)P)P(P(P)P)P(P(P)P)P(P)P.PPP(P(P)P)P(P(P)P)P(P(P)P)P(P)P. The second kappa shape index (κ2) is 53.3. The van der Waals surface area contributed by atoms with Crippen molar-refractivity contribution in [3.63, 3.8) is 0 Å². The van der Waals surface area contributed by atoms with E-state index in [-0.39, 0.29) is 126 Å². The van der Waals surface area contributed by atoms with E-state index in [1.165, 1.54) is 59.9 Å². The van der Waals surface area contributed by atoms with Crippen LogP contribution in [0, 0.1) is 32.1 Å². The third-order valence-corrected chi connectivity index (χ3v) is 225. The highest BCUT2D eigenvalue weighted by Gasteiger charge is 2.41. The number of para-hydroxylation sites is 2. The maximum absolute atomic E-state index is 13.1. The number of benzene rings is 2. The van der Waals surface area contributed by atoms with Crippen LogP contribution in [0.2, 0.25) is 0 Å². The van der Waals surface area contributed by atoms with Crippen molar-refractivity contribution >= 4 is 359 Å². The molecule has 0 bridgehead atoms. The summed E-state index contributed by atoms with van der Waals surface area (Å²) in [5.41, 5.74) is 0.941. The number of rotatable bonds is 30. The normalized spacial score (nSPS) is 15.5. The van der Waals surface area contributed by atoms with Crippen LogP contribution in [0.4, 0.5) is 11.4 Å². The number of nitro benzene ring substituents is 2. The Labute approximate surface area is 594 Å². The largest absolute Gasteiger partial charge is 0.289 e. The summed E-state index contributed by atoms with van der Waals surface area (Å²) in [5.74, 6) is -0.176. The zero-order valence-electron chi connectivity index (χ0n) is 46.7. The molecule has 51 heteroatoms. The molecule has 0 spiro atoms. The van der Waals surface area contributed by atoms with Crippen molar-refractivity contribution in [1.29, 1.82) is 0 Å². The monoisotopic (exact) mass is 2070 g/mol. The van der Waals surface area contributed by atoms with Crippen molar-refractivity contribution in [2.75, 3.05) is 7.05 Å². The molecule has 0 aromatic heterocycles. The minimum Gasteiger partial charge on any atom is -0.258 e. The lowest BCUT2D eigenvalue weighted by atomic mass is 9.95. The second-order valence-electron chi connectivity index (χ2n) is 16.3. The highest BCUT2D eigenvalue weighted by Crippen LogP contribution is 3.28. The molecule has 0 saturated carbocycles. The molecule has 84 heavy (non-hydrogen) atoms. The van der Waals surface area contributed by atoms with Gasteiger partial charge in [0.25, 0.3) is 11.4 Å². The molecule has 12 nitrogen and oxygen atoms in total.